The molecule has 1 N–H and O–H groups in total. The molecule has 0 aromatic heterocycles. The zero-order valence-corrected chi connectivity index (χ0v) is 14.7. The molecule has 0 saturated carbocycles. The number of benzene rings is 1. The van der Waals surface area contributed by atoms with Crippen molar-refractivity contribution in [3.8, 4) is 5.75 Å². The van der Waals surface area contributed by atoms with Crippen molar-refractivity contribution >= 4 is 17.6 Å². The van der Waals surface area contributed by atoms with E-state index in [0.29, 0.717) is 19.8 Å². The molecular formula is C19H26N2O4. The molecule has 1 aromatic carbocycles. The van der Waals surface area contributed by atoms with E-state index in [0.717, 1.165) is 37.4 Å². The van der Waals surface area contributed by atoms with Crippen LogP contribution in [0.2, 0.25) is 0 Å². The molecular weight excluding hydrogens is 320 g/mol. The fourth-order valence-corrected chi connectivity index (χ4v) is 2.78. The molecule has 0 radical (unpaired) electrons. The van der Waals surface area contributed by atoms with Gasteiger partial charge in [0.05, 0.1) is 19.1 Å². The minimum atomic E-state index is -0.120. The molecule has 1 amide bonds. The number of ether oxygens (including phenoxy) is 2. The zero-order chi connectivity index (χ0) is 18.1. The van der Waals surface area contributed by atoms with Crippen LogP contribution < -0.4 is 10.1 Å². The molecule has 6 heteroatoms. The highest BCUT2D eigenvalue weighted by atomic mass is 16.5. The minimum Gasteiger partial charge on any atom is -0.490 e. The number of carbonyl (C=O) groups is 2. The molecule has 0 unspecified atom stereocenters. The fourth-order valence-electron chi connectivity index (χ4n) is 2.78. The average Bonchev–Trinajstić information content (AvgIpc) is 2.62. The Bertz CT molecular complexity index is 578. The minimum absolute atomic E-state index is 0.0395. The van der Waals surface area contributed by atoms with E-state index < -0.39 is 0 Å². The van der Waals surface area contributed by atoms with E-state index >= 15 is 0 Å². The van der Waals surface area contributed by atoms with Crippen molar-refractivity contribution in [2.24, 2.45) is 5.92 Å². The monoisotopic (exact) mass is 346 g/mol. The van der Waals surface area contributed by atoms with Gasteiger partial charge in [0.1, 0.15) is 12.4 Å². The highest BCUT2D eigenvalue weighted by Crippen LogP contribution is 2.19. The van der Waals surface area contributed by atoms with E-state index in [1.807, 2.05) is 31.2 Å². The fraction of sp³-hybridized carbons (Fsp3) is 0.474. The average molecular weight is 346 g/mol. The Morgan fingerprint density at radius 1 is 1.28 bits per heavy atom. The maximum atomic E-state index is 12.2. The lowest BCUT2D eigenvalue weighted by molar-refractivity contribution is -0.149. The lowest BCUT2D eigenvalue weighted by Crippen LogP contribution is -2.41. The summed E-state index contributed by atoms with van der Waals surface area (Å²) in [5.41, 5.74) is 0.734. The number of carbonyl (C=O) groups excluding carboxylic acids is 2. The van der Waals surface area contributed by atoms with Crippen molar-refractivity contribution in [2.75, 3.05) is 38.2 Å². The lowest BCUT2D eigenvalue weighted by Gasteiger charge is -2.30. The molecule has 25 heavy (non-hydrogen) atoms. The predicted octanol–water partition coefficient (Wildman–Crippen LogP) is 2.47. The number of nitrogens with one attached hydrogen (secondary N) is 1. The van der Waals surface area contributed by atoms with Gasteiger partial charge in [0, 0.05) is 5.69 Å². The van der Waals surface area contributed by atoms with Gasteiger partial charge in [-0.1, -0.05) is 12.7 Å². The van der Waals surface area contributed by atoms with Crippen molar-refractivity contribution in [3.63, 3.8) is 0 Å². The Labute approximate surface area is 148 Å². The van der Waals surface area contributed by atoms with E-state index in [1.54, 1.807) is 6.08 Å². The van der Waals surface area contributed by atoms with Crippen molar-refractivity contribution < 1.29 is 19.1 Å². The van der Waals surface area contributed by atoms with Gasteiger partial charge in [-0.2, -0.15) is 0 Å². The predicted molar refractivity (Wildman–Crippen MR) is 96.6 cm³/mol. The first-order chi connectivity index (χ1) is 12.1. The number of piperidine rings is 1. The molecule has 0 bridgehead atoms. The van der Waals surface area contributed by atoms with E-state index in [2.05, 4.69) is 16.8 Å². The van der Waals surface area contributed by atoms with Gasteiger partial charge in [0.15, 0.2) is 0 Å². The molecule has 136 valence electrons. The summed E-state index contributed by atoms with van der Waals surface area (Å²) in [5.74, 6) is 0.515. The lowest BCUT2D eigenvalue weighted by atomic mass is 9.97. The second-order valence-corrected chi connectivity index (χ2v) is 5.97. The van der Waals surface area contributed by atoms with Crippen LogP contribution in [0.1, 0.15) is 19.8 Å². The third-order valence-corrected chi connectivity index (χ3v) is 4.08. The van der Waals surface area contributed by atoms with Crippen LogP contribution >= 0.6 is 0 Å². The number of rotatable bonds is 8. The Balaban J connectivity index is 1.74. The summed E-state index contributed by atoms with van der Waals surface area (Å²) in [5, 5.41) is 2.88. The summed E-state index contributed by atoms with van der Waals surface area (Å²) < 4.78 is 10.5. The normalized spacial score (nSPS) is 15.4. The summed E-state index contributed by atoms with van der Waals surface area (Å²) in [6, 6.07) is 7.24. The van der Waals surface area contributed by atoms with Crippen molar-refractivity contribution in [3.05, 3.63) is 36.9 Å². The molecule has 1 saturated heterocycles. The topological polar surface area (TPSA) is 67.9 Å². The summed E-state index contributed by atoms with van der Waals surface area (Å²) in [4.78, 5) is 26.0. The Kier molecular flexibility index (Phi) is 7.47. The van der Waals surface area contributed by atoms with E-state index in [4.69, 9.17) is 9.47 Å². The molecule has 0 aliphatic carbocycles. The molecule has 1 heterocycles. The van der Waals surface area contributed by atoms with Crippen LogP contribution in [0.4, 0.5) is 5.69 Å². The molecule has 1 aromatic rings. The Hall–Kier alpha value is -2.34. The summed E-state index contributed by atoms with van der Waals surface area (Å²) in [6.45, 7) is 8.06. The highest BCUT2D eigenvalue weighted by molar-refractivity contribution is 5.92. The van der Waals surface area contributed by atoms with Gasteiger partial charge >= 0.3 is 5.97 Å². The van der Waals surface area contributed by atoms with E-state index in [-0.39, 0.29) is 17.8 Å². The van der Waals surface area contributed by atoms with Crippen LogP contribution in [-0.2, 0) is 14.3 Å². The van der Waals surface area contributed by atoms with Crippen LogP contribution in [0.5, 0.6) is 5.75 Å². The smallest absolute Gasteiger partial charge is 0.309 e. The van der Waals surface area contributed by atoms with Gasteiger partial charge in [-0.25, -0.2) is 0 Å². The van der Waals surface area contributed by atoms with Crippen LogP contribution in [0.25, 0.3) is 0 Å². The number of hydrogen-bond acceptors (Lipinski definition) is 5. The number of nitrogens with zero attached hydrogens (tertiary/aromatic N) is 1. The van der Waals surface area contributed by atoms with Gasteiger partial charge < -0.3 is 14.8 Å². The zero-order valence-electron chi connectivity index (χ0n) is 14.7. The second-order valence-electron chi connectivity index (χ2n) is 5.97. The standard InChI is InChI=1S/C19H26N2O4/c1-3-13-25-17-7-5-16(6-8-17)20-18(22)14-21-11-9-15(10-12-21)19(23)24-4-2/h3,5-8,15H,1,4,9-14H2,2H3,(H,20,22). The second kappa shape index (κ2) is 9.84. The van der Waals surface area contributed by atoms with Crippen LogP contribution in [0.15, 0.2) is 36.9 Å². The number of amides is 1. The third kappa shape index (κ3) is 6.23. The molecule has 0 atom stereocenters. The SMILES string of the molecule is C=CCOc1ccc(NC(=O)CN2CCC(C(=O)OCC)CC2)cc1. The van der Waals surface area contributed by atoms with Crippen LogP contribution in [-0.4, -0.2) is 49.6 Å². The molecule has 6 nitrogen and oxygen atoms in total. The van der Waals surface area contributed by atoms with Crippen molar-refractivity contribution in [1.82, 2.24) is 4.90 Å². The summed E-state index contributed by atoms with van der Waals surface area (Å²) in [6.07, 6.45) is 3.16. The molecule has 1 aliphatic rings. The van der Waals surface area contributed by atoms with Crippen molar-refractivity contribution in [2.45, 2.75) is 19.8 Å². The molecule has 2 rings (SSSR count). The first-order valence-electron chi connectivity index (χ1n) is 8.65. The van der Waals surface area contributed by atoms with Crippen molar-refractivity contribution in [1.29, 1.82) is 0 Å². The third-order valence-electron chi connectivity index (χ3n) is 4.08. The molecule has 0 spiro atoms. The van der Waals surface area contributed by atoms with Gasteiger partial charge in [0.2, 0.25) is 5.91 Å². The Morgan fingerprint density at radius 3 is 2.56 bits per heavy atom. The maximum absolute atomic E-state index is 12.2. The molecule has 1 fully saturated rings. The first kappa shape index (κ1) is 19.0. The number of esters is 1. The maximum Gasteiger partial charge on any atom is 0.309 e. The van der Waals surface area contributed by atoms with Crippen LogP contribution in [0, 0.1) is 5.92 Å². The van der Waals surface area contributed by atoms with Crippen LogP contribution in [0.3, 0.4) is 0 Å². The van der Waals surface area contributed by atoms with Gasteiger partial charge in [-0.15, -0.1) is 0 Å². The first-order valence-corrected chi connectivity index (χ1v) is 8.65. The summed E-state index contributed by atoms with van der Waals surface area (Å²) in [7, 11) is 0. The number of hydrogen-bond donors (Lipinski definition) is 1. The van der Waals surface area contributed by atoms with Gasteiger partial charge in [-0.05, 0) is 57.1 Å². The van der Waals surface area contributed by atoms with E-state index in [1.165, 1.54) is 0 Å². The Morgan fingerprint density at radius 2 is 1.96 bits per heavy atom. The molecule has 1 aliphatic heterocycles. The highest BCUT2D eigenvalue weighted by Gasteiger charge is 2.26. The quantitative estimate of drug-likeness (QED) is 0.578. The van der Waals surface area contributed by atoms with Gasteiger partial charge in [-0.3, -0.25) is 14.5 Å². The number of anilines is 1. The largest absolute Gasteiger partial charge is 0.490 e. The van der Waals surface area contributed by atoms with E-state index in [9.17, 15) is 9.59 Å². The number of likely N-dealkylation sites (tertiary alicyclic amines) is 1. The summed E-state index contributed by atoms with van der Waals surface area (Å²) >= 11 is 0. The van der Waals surface area contributed by atoms with Gasteiger partial charge in [0.25, 0.3) is 0 Å².